The fourth-order valence-corrected chi connectivity index (χ4v) is 2.70. The van der Waals surface area contributed by atoms with E-state index in [1.165, 1.54) is 38.8 Å². The van der Waals surface area contributed by atoms with E-state index in [2.05, 4.69) is 11.8 Å². The molecule has 1 aliphatic heterocycles. The van der Waals surface area contributed by atoms with Crippen molar-refractivity contribution in [3.63, 3.8) is 0 Å². The Morgan fingerprint density at radius 1 is 1.31 bits per heavy atom. The summed E-state index contributed by atoms with van der Waals surface area (Å²) in [6.07, 6.45) is 5.60. The Balaban J connectivity index is 1.77. The van der Waals surface area contributed by atoms with Gasteiger partial charge in [-0.3, -0.25) is 0 Å². The van der Waals surface area contributed by atoms with Gasteiger partial charge in [-0.05, 0) is 31.1 Å². The zero-order valence-corrected chi connectivity index (χ0v) is 8.71. The molecule has 2 fully saturated rings. The highest BCUT2D eigenvalue weighted by Crippen LogP contribution is 2.28. The summed E-state index contributed by atoms with van der Waals surface area (Å²) in [7, 11) is 0. The van der Waals surface area contributed by atoms with Gasteiger partial charge in [0.05, 0.1) is 0 Å². The van der Waals surface area contributed by atoms with Crippen LogP contribution in [0.2, 0.25) is 0 Å². The fraction of sp³-hybridized carbons (Fsp3) is 1.00. The number of nitrogens with zero attached hydrogens (tertiary/aromatic N) is 1. The van der Waals surface area contributed by atoms with Crippen molar-refractivity contribution in [3.8, 4) is 0 Å². The highest BCUT2D eigenvalue weighted by atomic mass is 15.1. The van der Waals surface area contributed by atoms with Crippen LogP contribution in [0.5, 0.6) is 0 Å². The van der Waals surface area contributed by atoms with Crippen LogP contribution >= 0.6 is 0 Å². The third-order valence-corrected chi connectivity index (χ3v) is 3.51. The normalized spacial score (nSPS) is 37.4. The van der Waals surface area contributed by atoms with E-state index in [1.807, 2.05) is 0 Å². The summed E-state index contributed by atoms with van der Waals surface area (Å²) >= 11 is 0. The number of piperidine rings is 1. The molecular formula is C11H22N2. The molecule has 13 heavy (non-hydrogen) atoms. The summed E-state index contributed by atoms with van der Waals surface area (Å²) in [6, 6.07) is 0.434. The van der Waals surface area contributed by atoms with Crippen LogP contribution in [0.4, 0.5) is 0 Å². The van der Waals surface area contributed by atoms with Crippen molar-refractivity contribution in [3.05, 3.63) is 0 Å². The van der Waals surface area contributed by atoms with Gasteiger partial charge < -0.3 is 10.6 Å². The summed E-state index contributed by atoms with van der Waals surface area (Å²) in [5.74, 6) is 1.81. The first kappa shape index (κ1) is 9.47. The van der Waals surface area contributed by atoms with Crippen molar-refractivity contribution in [2.24, 2.45) is 17.6 Å². The standard InChI is InChI=1S/C11H22N2/c1-9-5-11(12)8-13(6-9)7-10-3-2-4-10/h9-11H,2-8,12H2,1H3. The van der Waals surface area contributed by atoms with Gasteiger partial charge in [0, 0.05) is 25.7 Å². The minimum Gasteiger partial charge on any atom is -0.327 e. The van der Waals surface area contributed by atoms with Crippen LogP contribution in [0.1, 0.15) is 32.6 Å². The molecule has 0 bridgehead atoms. The van der Waals surface area contributed by atoms with Gasteiger partial charge in [-0.2, -0.15) is 0 Å². The summed E-state index contributed by atoms with van der Waals surface area (Å²) in [5.41, 5.74) is 6.01. The number of hydrogen-bond donors (Lipinski definition) is 1. The SMILES string of the molecule is CC1CC(N)CN(CC2CCC2)C1. The minimum atomic E-state index is 0.434. The van der Waals surface area contributed by atoms with Crippen molar-refractivity contribution in [2.75, 3.05) is 19.6 Å². The van der Waals surface area contributed by atoms with Gasteiger partial charge in [0.2, 0.25) is 0 Å². The zero-order valence-electron chi connectivity index (χ0n) is 8.71. The second-order valence-corrected chi connectivity index (χ2v) is 5.12. The lowest BCUT2D eigenvalue weighted by Crippen LogP contribution is -2.48. The van der Waals surface area contributed by atoms with Gasteiger partial charge in [0.1, 0.15) is 0 Å². The van der Waals surface area contributed by atoms with E-state index in [9.17, 15) is 0 Å². The molecule has 0 spiro atoms. The van der Waals surface area contributed by atoms with E-state index in [0.29, 0.717) is 6.04 Å². The molecule has 0 radical (unpaired) electrons. The Morgan fingerprint density at radius 3 is 2.62 bits per heavy atom. The van der Waals surface area contributed by atoms with Gasteiger partial charge >= 0.3 is 0 Å². The zero-order chi connectivity index (χ0) is 9.26. The van der Waals surface area contributed by atoms with Crippen LogP contribution in [0, 0.1) is 11.8 Å². The maximum Gasteiger partial charge on any atom is 0.0170 e. The van der Waals surface area contributed by atoms with Crippen LogP contribution < -0.4 is 5.73 Å². The number of nitrogens with two attached hydrogens (primary N) is 1. The van der Waals surface area contributed by atoms with Gasteiger partial charge in [-0.25, -0.2) is 0 Å². The van der Waals surface area contributed by atoms with E-state index in [1.54, 1.807) is 0 Å². The molecule has 2 heteroatoms. The van der Waals surface area contributed by atoms with Crippen molar-refractivity contribution in [1.82, 2.24) is 4.90 Å². The molecule has 0 aromatic rings. The summed E-state index contributed by atoms with van der Waals surface area (Å²) in [5, 5.41) is 0. The summed E-state index contributed by atoms with van der Waals surface area (Å²) in [6.45, 7) is 6.07. The van der Waals surface area contributed by atoms with Crippen LogP contribution in [0.25, 0.3) is 0 Å². The second kappa shape index (κ2) is 3.97. The third kappa shape index (κ3) is 2.44. The molecule has 0 aromatic carbocycles. The average Bonchev–Trinajstić information content (AvgIpc) is 1.95. The molecule has 0 aromatic heterocycles. The Bertz CT molecular complexity index is 155. The molecule has 1 aliphatic carbocycles. The molecule has 76 valence electrons. The molecule has 2 rings (SSSR count). The minimum absolute atomic E-state index is 0.434. The summed E-state index contributed by atoms with van der Waals surface area (Å²) in [4.78, 5) is 2.59. The van der Waals surface area contributed by atoms with E-state index >= 15 is 0 Å². The molecule has 2 aliphatic rings. The topological polar surface area (TPSA) is 29.3 Å². The lowest BCUT2D eigenvalue weighted by molar-refractivity contribution is 0.118. The Hall–Kier alpha value is -0.0800. The Kier molecular flexibility index (Phi) is 2.89. The summed E-state index contributed by atoms with van der Waals surface area (Å²) < 4.78 is 0. The molecule has 1 saturated heterocycles. The Labute approximate surface area is 81.5 Å². The van der Waals surface area contributed by atoms with E-state index < -0.39 is 0 Å². The number of hydrogen-bond acceptors (Lipinski definition) is 2. The first-order valence-corrected chi connectivity index (χ1v) is 5.72. The maximum absolute atomic E-state index is 6.01. The van der Waals surface area contributed by atoms with Crippen molar-refractivity contribution in [2.45, 2.75) is 38.6 Å². The predicted molar refractivity (Wildman–Crippen MR) is 55.5 cm³/mol. The lowest BCUT2D eigenvalue weighted by atomic mass is 9.84. The van der Waals surface area contributed by atoms with Gasteiger partial charge in [0.15, 0.2) is 0 Å². The predicted octanol–water partition coefficient (Wildman–Crippen LogP) is 1.46. The molecule has 0 amide bonds. The molecular weight excluding hydrogens is 160 g/mol. The molecule has 2 nitrogen and oxygen atoms in total. The van der Waals surface area contributed by atoms with Gasteiger partial charge in [-0.15, -0.1) is 0 Å². The van der Waals surface area contributed by atoms with Crippen LogP contribution in [-0.4, -0.2) is 30.6 Å². The second-order valence-electron chi connectivity index (χ2n) is 5.12. The first-order chi connectivity index (χ1) is 6.24. The molecule has 2 unspecified atom stereocenters. The van der Waals surface area contributed by atoms with E-state index in [4.69, 9.17) is 5.73 Å². The van der Waals surface area contributed by atoms with E-state index in [0.717, 1.165) is 18.4 Å². The van der Waals surface area contributed by atoms with Crippen molar-refractivity contribution < 1.29 is 0 Å². The average molecular weight is 182 g/mol. The van der Waals surface area contributed by atoms with Crippen LogP contribution in [0.3, 0.4) is 0 Å². The quantitative estimate of drug-likeness (QED) is 0.700. The van der Waals surface area contributed by atoms with E-state index in [-0.39, 0.29) is 0 Å². The maximum atomic E-state index is 6.01. The highest BCUT2D eigenvalue weighted by molar-refractivity contribution is 4.82. The van der Waals surface area contributed by atoms with Crippen molar-refractivity contribution in [1.29, 1.82) is 0 Å². The molecule has 2 atom stereocenters. The van der Waals surface area contributed by atoms with Crippen molar-refractivity contribution >= 4 is 0 Å². The first-order valence-electron chi connectivity index (χ1n) is 5.72. The molecule has 1 heterocycles. The Morgan fingerprint density at radius 2 is 2.08 bits per heavy atom. The molecule has 2 N–H and O–H groups in total. The fourth-order valence-electron chi connectivity index (χ4n) is 2.70. The van der Waals surface area contributed by atoms with Crippen LogP contribution in [-0.2, 0) is 0 Å². The third-order valence-electron chi connectivity index (χ3n) is 3.51. The number of likely N-dealkylation sites (tertiary alicyclic amines) is 1. The largest absolute Gasteiger partial charge is 0.327 e. The van der Waals surface area contributed by atoms with Gasteiger partial charge in [0.25, 0.3) is 0 Å². The number of rotatable bonds is 2. The molecule has 1 saturated carbocycles. The highest BCUT2D eigenvalue weighted by Gasteiger charge is 2.26. The monoisotopic (exact) mass is 182 g/mol. The smallest absolute Gasteiger partial charge is 0.0170 e. The lowest BCUT2D eigenvalue weighted by Gasteiger charge is -2.39. The van der Waals surface area contributed by atoms with Crippen LogP contribution in [0.15, 0.2) is 0 Å². The van der Waals surface area contributed by atoms with Gasteiger partial charge in [-0.1, -0.05) is 13.3 Å².